The van der Waals surface area contributed by atoms with E-state index in [4.69, 9.17) is 0 Å². The van der Waals surface area contributed by atoms with E-state index in [1.165, 1.54) is 12.7 Å². The van der Waals surface area contributed by atoms with Gasteiger partial charge in [0.25, 0.3) is 0 Å². The fraction of sp³-hybridized carbons (Fsp3) is 0.462. The van der Waals surface area contributed by atoms with Crippen molar-refractivity contribution >= 4 is 21.9 Å². The monoisotopic (exact) mass is 284 g/mol. The van der Waals surface area contributed by atoms with E-state index in [9.17, 15) is 4.79 Å². The molecule has 3 heteroatoms. The first-order chi connectivity index (χ1) is 7.60. The zero-order valence-electron chi connectivity index (χ0n) is 9.87. The fourth-order valence-electron chi connectivity index (χ4n) is 1.47. The van der Waals surface area contributed by atoms with Gasteiger partial charge in [-0.2, -0.15) is 0 Å². The molecule has 0 heterocycles. The number of carbonyl (C=O) groups is 1. The fourth-order valence-corrected chi connectivity index (χ4v) is 1.96. The number of hydrogen-bond acceptors (Lipinski definition) is 2. The first kappa shape index (κ1) is 13.2. The molecule has 0 radical (unpaired) electrons. The largest absolute Gasteiger partial charge is 0.468 e. The summed E-state index contributed by atoms with van der Waals surface area (Å²) in [5.74, 6) is 0.289. The molecule has 0 saturated heterocycles. The first-order valence-corrected chi connectivity index (χ1v) is 6.33. The highest BCUT2D eigenvalue weighted by Gasteiger charge is 2.17. The van der Waals surface area contributed by atoms with Gasteiger partial charge in [0.05, 0.1) is 7.11 Å². The first-order valence-electron chi connectivity index (χ1n) is 5.41. The number of ether oxygens (including phenoxy) is 1. The molecular formula is C13H17BrO2. The Hall–Kier alpha value is -0.830. The van der Waals surface area contributed by atoms with E-state index in [1.54, 1.807) is 0 Å². The molecule has 0 aliphatic rings. The van der Waals surface area contributed by atoms with Gasteiger partial charge in [-0.25, -0.2) is 0 Å². The lowest BCUT2D eigenvalue weighted by molar-refractivity contribution is -0.139. The lowest BCUT2D eigenvalue weighted by Gasteiger charge is -2.11. The van der Waals surface area contributed by atoms with Crippen molar-refractivity contribution in [3.8, 4) is 0 Å². The molecule has 88 valence electrons. The predicted octanol–water partition coefficient (Wildman–Crippen LogP) is 3.81. The topological polar surface area (TPSA) is 26.3 Å². The van der Waals surface area contributed by atoms with E-state index in [1.807, 2.05) is 12.1 Å². The van der Waals surface area contributed by atoms with Crippen LogP contribution in [0.15, 0.2) is 24.3 Å². The van der Waals surface area contributed by atoms with Gasteiger partial charge in [0.1, 0.15) is 4.83 Å². The number of hydrogen-bond donors (Lipinski definition) is 0. The van der Waals surface area contributed by atoms with Crippen molar-refractivity contribution in [2.24, 2.45) is 0 Å². The van der Waals surface area contributed by atoms with E-state index in [2.05, 4.69) is 46.6 Å². The Morgan fingerprint density at radius 1 is 1.31 bits per heavy atom. The Labute approximate surface area is 105 Å². The van der Waals surface area contributed by atoms with Gasteiger partial charge in [-0.3, -0.25) is 4.79 Å². The quantitative estimate of drug-likeness (QED) is 0.621. The number of halogens is 1. The Balaban J connectivity index is 2.82. The maximum atomic E-state index is 11.3. The van der Waals surface area contributed by atoms with Gasteiger partial charge >= 0.3 is 5.97 Å². The van der Waals surface area contributed by atoms with Crippen LogP contribution in [0.5, 0.6) is 0 Å². The van der Waals surface area contributed by atoms with Gasteiger partial charge in [-0.05, 0) is 23.5 Å². The molecule has 1 aromatic rings. The van der Waals surface area contributed by atoms with E-state index in [0.717, 1.165) is 12.0 Å². The smallest absolute Gasteiger partial charge is 0.323 e. The standard InChI is InChI=1S/C13H17BrO2/c1-4-9(2)10-5-7-11(8-6-10)12(14)13(15)16-3/h5-9,12H,4H2,1-3H3. The molecule has 0 aliphatic carbocycles. The molecule has 0 bridgehead atoms. The molecular weight excluding hydrogens is 268 g/mol. The zero-order chi connectivity index (χ0) is 12.1. The Bertz CT molecular complexity index is 345. The summed E-state index contributed by atoms with van der Waals surface area (Å²) in [5.41, 5.74) is 2.23. The van der Waals surface area contributed by atoms with E-state index >= 15 is 0 Å². The summed E-state index contributed by atoms with van der Waals surface area (Å²) in [6, 6.07) is 8.08. The molecule has 2 nitrogen and oxygen atoms in total. The van der Waals surface area contributed by atoms with Crippen LogP contribution in [-0.4, -0.2) is 13.1 Å². The van der Waals surface area contributed by atoms with Crippen LogP contribution in [0.1, 0.15) is 42.1 Å². The van der Waals surface area contributed by atoms with Gasteiger partial charge in [-0.1, -0.05) is 54.0 Å². The van der Waals surface area contributed by atoms with Crippen molar-refractivity contribution in [3.05, 3.63) is 35.4 Å². The number of benzene rings is 1. The Morgan fingerprint density at radius 2 is 1.81 bits per heavy atom. The molecule has 0 spiro atoms. The van der Waals surface area contributed by atoms with Crippen LogP contribution >= 0.6 is 15.9 Å². The van der Waals surface area contributed by atoms with Crippen molar-refractivity contribution in [2.45, 2.75) is 31.0 Å². The molecule has 0 fully saturated rings. The highest BCUT2D eigenvalue weighted by Crippen LogP contribution is 2.26. The summed E-state index contributed by atoms with van der Waals surface area (Å²) >= 11 is 3.32. The van der Waals surface area contributed by atoms with Crippen LogP contribution < -0.4 is 0 Å². The Kier molecular flexibility index (Phi) is 5.00. The molecule has 2 unspecified atom stereocenters. The maximum Gasteiger partial charge on any atom is 0.323 e. The highest BCUT2D eigenvalue weighted by atomic mass is 79.9. The third kappa shape index (κ3) is 3.08. The third-order valence-corrected chi connectivity index (χ3v) is 3.72. The van der Waals surface area contributed by atoms with Crippen LogP contribution in [0.4, 0.5) is 0 Å². The zero-order valence-corrected chi connectivity index (χ0v) is 11.5. The van der Waals surface area contributed by atoms with Crippen LogP contribution in [0.3, 0.4) is 0 Å². The molecule has 0 aromatic heterocycles. The number of esters is 1. The molecule has 0 saturated carbocycles. The number of methoxy groups -OCH3 is 1. The van der Waals surface area contributed by atoms with Gasteiger partial charge < -0.3 is 4.74 Å². The van der Waals surface area contributed by atoms with E-state index in [-0.39, 0.29) is 10.8 Å². The second kappa shape index (κ2) is 6.04. The molecule has 2 atom stereocenters. The van der Waals surface area contributed by atoms with Crippen molar-refractivity contribution in [1.82, 2.24) is 0 Å². The number of carbonyl (C=O) groups excluding carboxylic acids is 1. The molecule has 1 aromatic carbocycles. The molecule has 1 rings (SSSR count). The second-order valence-corrected chi connectivity index (χ2v) is 4.78. The average Bonchev–Trinajstić information content (AvgIpc) is 2.36. The minimum absolute atomic E-state index is 0.267. The normalized spacial score (nSPS) is 14.2. The van der Waals surface area contributed by atoms with Crippen molar-refractivity contribution < 1.29 is 9.53 Å². The second-order valence-electron chi connectivity index (χ2n) is 3.86. The summed E-state index contributed by atoms with van der Waals surface area (Å²) in [5, 5.41) is 0. The van der Waals surface area contributed by atoms with Crippen molar-refractivity contribution in [1.29, 1.82) is 0 Å². The number of rotatable bonds is 4. The third-order valence-electron chi connectivity index (χ3n) is 2.82. The van der Waals surface area contributed by atoms with Crippen LogP contribution in [0.25, 0.3) is 0 Å². The van der Waals surface area contributed by atoms with Gasteiger partial charge in [0, 0.05) is 0 Å². The Morgan fingerprint density at radius 3 is 2.25 bits per heavy atom. The van der Waals surface area contributed by atoms with E-state index in [0.29, 0.717) is 5.92 Å². The summed E-state index contributed by atoms with van der Waals surface area (Å²) in [7, 11) is 1.39. The molecule has 16 heavy (non-hydrogen) atoms. The van der Waals surface area contributed by atoms with Crippen LogP contribution in [0.2, 0.25) is 0 Å². The summed E-state index contributed by atoms with van der Waals surface area (Å²) in [4.78, 5) is 10.9. The van der Waals surface area contributed by atoms with Crippen LogP contribution in [0, 0.1) is 0 Å². The SMILES string of the molecule is CCC(C)c1ccc(C(Br)C(=O)OC)cc1. The lowest BCUT2D eigenvalue weighted by atomic mass is 9.97. The molecule has 0 aliphatic heterocycles. The minimum atomic E-state index is -0.372. The predicted molar refractivity (Wildman–Crippen MR) is 68.8 cm³/mol. The van der Waals surface area contributed by atoms with Crippen LogP contribution in [-0.2, 0) is 9.53 Å². The minimum Gasteiger partial charge on any atom is -0.468 e. The number of alkyl halides is 1. The average molecular weight is 285 g/mol. The summed E-state index contributed by atoms with van der Waals surface area (Å²) < 4.78 is 4.68. The summed E-state index contributed by atoms with van der Waals surface area (Å²) in [6.45, 7) is 4.36. The molecule has 0 N–H and O–H groups in total. The van der Waals surface area contributed by atoms with Gasteiger partial charge in [-0.15, -0.1) is 0 Å². The van der Waals surface area contributed by atoms with Crippen molar-refractivity contribution in [2.75, 3.05) is 7.11 Å². The highest BCUT2D eigenvalue weighted by molar-refractivity contribution is 9.09. The van der Waals surface area contributed by atoms with Gasteiger partial charge in [0.15, 0.2) is 0 Å². The maximum absolute atomic E-state index is 11.3. The summed E-state index contributed by atoms with van der Waals surface area (Å²) in [6.07, 6.45) is 1.12. The van der Waals surface area contributed by atoms with E-state index < -0.39 is 0 Å². The van der Waals surface area contributed by atoms with Crippen molar-refractivity contribution in [3.63, 3.8) is 0 Å². The van der Waals surface area contributed by atoms with Gasteiger partial charge in [0.2, 0.25) is 0 Å². The molecule has 0 amide bonds. The lowest BCUT2D eigenvalue weighted by Crippen LogP contribution is -2.08.